The summed E-state index contributed by atoms with van der Waals surface area (Å²) in [5, 5.41) is 9.28. The van der Waals surface area contributed by atoms with Crippen LogP contribution in [0.5, 0.6) is 11.5 Å². The van der Waals surface area contributed by atoms with Crippen molar-refractivity contribution in [1.29, 1.82) is 0 Å². The number of benzene rings is 1. The van der Waals surface area contributed by atoms with E-state index in [1.54, 1.807) is 18.2 Å². The van der Waals surface area contributed by atoms with E-state index in [1.165, 1.54) is 12.2 Å². The van der Waals surface area contributed by atoms with Crippen molar-refractivity contribution in [3.05, 3.63) is 24.3 Å². The van der Waals surface area contributed by atoms with Gasteiger partial charge in [0.25, 0.3) is 0 Å². The Morgan fingerprint density at radius 1 is 1.56 bits per heavy atom. The molecule has 3 N–H and O–H groups in total. The molecule has 0 aliphatic carbocycles. The molecule has 1 fully saturated rings. The lowest BCUT2D eigenvalue weighted by molar-refractivity contribution is 0.254. The molecule has 4 heteroatoms. The summed E-state index contributed by atoms with van der Waals surface area (Å²) in [6.07, 6.45) is 1.19. The summed E-state index contributed by atoms with van der Waals surface area (Å²) in [7, 11) is 0. The van der Waals surface area contributed by atoms with Crippen molar-refractivity contribution in [2.45, 2.75) is 12.5 Å². The van der Waals surface area contributed by atoms with Crippen LogP contribution in [0.2, 0.25) is 0 Å². The Kier molecular flexibility index (Phi) is 3.96. The third-order valence-electron chi connectivity index (χ3n) is 2.83. The van der Waals surface area contributed by atoms with Gasteiger partial charge in [-0.3, -0.25) is 0 Å². The maximum Gasteiger partial charge on any atom is 0.123 e. The molecule has 1 aliphatic rings. The first-order chi connectivity index (χ1) is 7.75. The molecule has 0 radical (unpaired) electrons. The average molecular weight is 239 g/mol. The molecule has 0 bridgehead atoms. The van der Waals surface area contributed by atoms with Crippen molar-refractivity contribution in [3.63, 3.8) is 0 Å². The second-order valence-electron chi connectivity index (χ2n) is 4.10. The van der Waals surface area contributed by atoms with E-state index in [1.807, 2.05) is 17.8 Å². The minimum Gasteiger partial charge on any atom is -0.508 e. The number of ether oxygens (including phenoxy) is 1. The van der Waals surface area contributed by atoms with Crippen molar-refractivity contribution in [3.8, 4) is 11.5 Å². The quantitative estimate of drug-likeness (QED) is 0.842. The number of rotatable bonds is 4. The third kappa shape index (κ3) is 3.06. The molecule has 2 rings (SSSR count). The number of aromatic hydroxyl groups is 1. The van der Waals surface area contributed by atoms with Gasteiger partial charge in [0.1, 0.15) is 18.1 Å². The second-order valence-corrected chi connectivity index (χ2v) is 5.25. The summed E-state index contributed by atoms with van der Waals surface area (Å²) in [5.41, 5.74) is 6.06. The van der Waals surface area contributed by atoms with Gasteiger partial charge >= 0.3 is 0 Å². The van der Waals surface area contributed by atoms with Gasteiger partial charge in [0.05, 0.1) is 0 Å². The molecular formula is C12H17NO2S. The lowest BCUT2D eigenvalue weighted by Crippen LogP contribution is -2.35. The predicted molar refractivity (Wildman–Crippen MR) is 67.0 cm³/mol. The van der Waals surface area contributed by atoms with Crippen molar-refractivity contribution in [2.75, 3.05) is 18.1 Å². The van der Waals surface area contributed by atoms with Crippen LogP contribution in [0.1, 0.15) is 6.42 Å². The van der Waals surface area contributed by atoms with Crippen LogP contribution >= 0.6 is 11.8 Å². The van der Waals surface area contributed by atoms with Crippen LogP contribution in [0.15, 0.2) is 24.3 Å². The van der Waals surface area contributed by atoms with Crippen LogP contribution in [0, 0.1) is 5.92 Å². The minimum atomic E-state index is 0.0948. The van der Waals surface area contributed by atoms with Gasteiger partial charge in [0.15, 0.2) is 0 Å². The summed E-state index contributed by atoms with van der Waals surface area (Å²) in [5.74, 6) is 3.83. The van der Waals surface area contributed by atoms with Crippen LogP contribution in [0.4, 0.5) is 0 Å². The van der Waals surface area contributed by atoms with E-state index in [-0.39, 0.29) is 11.8 Å². The Morgan fingerprint density at radius 3 is 3.12 bits per heavy atom. The molecule has 1 aromatic carbocycles. The Bertz CT molecular complexity index is 340. The number of nitrogens with two attached hydrogens (primary N) is 1. The first kappa shape index (κ1) is 11.6. The normalized spacial score (nSPS) is 21.9. The molecule has 2 unspecified atom stereocenters. The molecule has 1 saturated heterocycles. The van der Waals surface area contributed by atoms with Gasteiger partial charge < -0.3 is 15.6 Å². The van der Waals surface area contributed by atoms with Gasteiger partial charge in [0.2, 0.25) is 0 Å². The van der Waals surface area contributed by atoms with Gasteiger partial charge in [-0.15, -0.1) is 0 Å². The molecule has 2 atom stereocenters. The zero-order valence-electron chi connectivity index (χ0n) is 9.13. The van der Waals surface area contributed by atoms with Crippen LogP contribution in [0.3, 0.4) is 0 Å². The van der Waals surface area contributed by atoms with E-state index >= 15 is 0 Å². The molecular weight excluding hydrogens is 222 g/mol. The standard InChI is InChI=1S/C12H17NO2S/c13-12(9-4-5-16-8-9)7-15-11-3-1-2-10(14)6-11/h1-3,6,9,12,14H,4-5,7-8,13H2. The summed E-state index contributed by atoms with van der Waals surface area (Å²) < 4.78 is 5.57. The molecule has 88 valence electrons. The van der Waals surface area contributed by atoms with Crippen LogP contribution < -0.4 is 10.5 Å². The maximum absolute atomic E-state index is 9.28. The van der Waals surface area contributed by atoms with Crippen molar-refractivity contribution < 1.29 is 9.84 Å². The Hall–Kier alpha value is -0.870. The first-order valence-electron chi connectivity index (χ1n) is 5.51. The molecule has 1 aromatic rings. The van der Waals surface area contributed by atoms with E-state index in [2.05, 4.69) is 0 Å². The van der Waals surface area contributed by atoms with Crippen LogP contribution in [0.25, 0.3) is 0 Å². The van der Waals surface area contributed by atoms with E-state index in [9.17, 15) is 5.11 Å². The number of hydrogen-bond acceptors (Lipinski definition) is 4. The van der Waals surface area contributed by atoms with Gasteiger partial charge in [-0.2, -0.15) is 11.8 Å². The Labute approximate surface area is 100.0 Å². The SMILES string of the molecule is NC(COc1cccc(O)c1)C1CCSC1. The van der Waals surface area contributed by atoms with E-state index in [4.69, 9.17) is 10.5 Å². The fourth-order valence-corrected chi connectivity index (χ4v) is 3.14. The minimum absolute atomic E-state index is 0.0948. The van der Waals surface area contributed by atoms with E-state index < -0.39 is 0 Å². The Balaban J connectivity index is 1.82. The summed E-state index contributed by atoms with van der Waals surface area (Å²) >= 11 is 1.96. The molecule has 1 heterocycles. The highest BCUT2D eigenvalue weighted by Gasteiger charge is 2.22. The lowest BCUT2D eigenvalue weighted by Gasteiger charge is -2.18. The van der Waals surface area contributed by atoms with E-state index in [0.29, 0.717) is 18.3 Å². The largest absolute Gasteiger partial charge is 0.508 e. The van der Waals surface area contributed by atoms with Crippen molar-refractivity contribution >= 4 is 11.8 Å². The molecule has 0 amide bonds. The summed E-state index contributed by atoms with van der Waals surface area (Å²) in [6.45, 7) is 0.522. The van der Waals surface area contributed by atoms with Gasteiger partial charge in [0, 0.05) is 12.1 Å². The first-order valence-corrected chi connectivity index (χ1v) is 6.66. The van der Waals surface area contributed by atoms with Crippen LogP contribution in [-0.2, 0) is 0 Å². The second kappa shape index (κ2) is 5.46. The average Bonchev–Trinajstić information content (AvgIpc) is 2.79. The smallest absolute Gasteiger partial charge is 0.123 e. The van der Waals surface area contributed by atoms with Crippen molar-refractivity contribution in [2.24, 2.45) is 11.7 Å². The highest BCUT2D eigenvalue weighted by atomic mass is 32.2. The molecule has 0 spiro atoms. The Morgan fingerprint density at radius 2 is 2.44 bits per heavy atom. The third-order valence-corrected chi connectivity index (χ3v) is 4.02. The number of hydrogen-bond donors (Lipinski definition) is 2. The predicted octanol–water partition coefficient (Wildman–Crippen LogP) is 1.85. The number of phenolic OH excluding ortho intramolecular Hbond substituents is 1. The van der Waals surface area contributed by atoms with E-state index in [0.717, 1.165) is 5.75 Å². The number of phenols is 1. The molecule has 16 heavy (non-hydrogen) atoms. The number of thioether (sulfide) groups is 1. The fourth-order valence-electron chi connectivity index (χ4n) is 1.79. The molecule has 0 aromatic heterocycles. The highest BCUT2D eigenvalue weighted by molar-refractivity contribution is 7.99. The zero-order valence-corrected chi connectivity index (χ0v) is 9.95. The van der Waals surface area contributed by atoms with Gasteiger partial charge in [-0.05, 0) is 36.0 Å². The van der Waals surface area contributed by atoms with Crippen LogP contribution in [-0.4, -0.2) is 29.3 Å². The topological polar surface area (TPSA) is 55.5 Å². The summed E-state index contributed by atoms with van der Waals surface area (Å²) in [4.78, 5) is 0. The van der Waals surface area contributed by atoms with Gasteiger partial charge in [-0.1, -0.05) is 6.07 Å². The van der Waals surface area contributed by atoms with Crippen molar-refractivity contribution in [1.82, 2.24) is 0 Å². The molecule has 1 aliphatic heterocycles. The van der Waals surface area contributed by atoms with Gasteiger partial charge in [-0.25, -0.2) is 0 Å². The monoisotopic (exact) mass is 239 g/mol. The molecule has 3 nitrogen and oxygen atoms in total. The fraction of sp³-hybridized carbons (Fsp3) is 0.500. The lowest BCUT2D eigenvalue weighted by atomic mass is 10.0. The maximum atomic E-state index is 9.28. The zero-order chi connectivity index (χ0) is 11.4. The highest BCUT2D eigenvalue weighted by Crippen LogP contribution is 2.26. The summed E-state index contributed by atoms with van der Waals surface area (Å²) in [6, 6.07) is 6.92. The molecule has 0 saturated carbocycles.